The van der Waals surface area contributed by atoms with Gasteiger partial charge in [0.15, 0.2) is 0 Å². The fourth-order valence-electron chi connectivity index (χ4n) is 2.77. The lowest BCUT2D eigenvalue weighted by Gasteiger charge is -2.34. The standard InChI is InChI=1S/C16H23NO2/c1-10-6-7-13(12(3)11(10)2)15(19)17-9-8-14(18)16(17,4)5/h6-7,14,18H,8-9H2,1-5H3. The number of likely N-dealkylation sites (tertiary alicyclic amines) is 1. The summed E-state index contributed by atoms with van der Waals surface area (Å²) in [6.07, 6.45) is 0.214. The van der Waals surface area contributed by atoms with Gasteiger partial charge in [0.1, 0.15) is 0 Å². The molecule has 3 heteroatoms. The van der Waals surface area contributed by atoms with Crippen molar-refractivity contribution in [2.45, 2.75) is 52.7 Å². The van der Waals surface area contributed by atoms with E-state index in [-0.39, 0.29) is 5.91 Å². The number of aryl methyl sites for hydroxylation is 1. The average molecular weight is 261 g/mol. The first kappa shape index (κ1) is 14.1. The van der Waals surface area contributed by atoms with Crippen LogP contribution in [0.3, 0.4) is 0 Å². The van der Waals surface area contributed by atoms with Gasteiger partial charge in [-0.25, -0.2) is 0 Å². The molecule has 1 aliphatic heterocycles. The van der Waals surface area contributed by atoms with E-state index in [1.54, 1.807) is 4.90 Å². The number of carbonyl (C=O) groups is 1. The Hall–Kier alpha value is -1.35. The molecule has 1 aromatic rings. The Morgan fingerprint density at radius 2 is 1.89 bits per heavy atom. The molecule has 1 unspecified atom stereocenters. The van der Waals surface area contributed by atoms with Crippen LogP contribution in [-0.4, -0.2) is 34.1 Å². The molecule has 1 fully saturated rings. The highest BCUT2D eigenvalue weighted by molar-refractivity contribution is 5.96. The van der Waals surface area contributed by atoms with Crippen LogP contribution in [0.5, 0.6) is 0 Å². The topological polar surface area (TPSA) is 40.5 Å². The average Bonchev–Trinajstić information content (AvgIpc) is 2.61. The number of nitrogens with zero attached hydrogens (tertiary/aromatic N) is 1. The molecular weight excluding hydrogens is 238 g/mol. The van der Waals surface area contributed by atoms with Crippen LogP contribution in [0.15, 0.2) is 12.1 Å². The van der Waals surface area contributed by atoms with Crippen LogP contribution in [-0.2, 0) is 0 Å². The van der Waals surface area contributed by atoms with Crippen LogP contribution in [0, 0.1) is 20.8 Å². The molecule has 3 nitrogen and oxygen atoms in total. The Morgan fingerprint density at radius 1 is 1.26 bits per heavy atom. The number of hydrogen-bond donors (Lipinski definition) is 1. The lowest BCUT2D eigenvalue weighted by Crippen LogP contribution is -2.48. The van der Waals surface area contributed by atoms with Gasteiger partial charge in [-0.1, -0.05) is 6.07 Å². The molecule has 1 N–H and O–H groups in total. The summed E-state index contributed by atoms with van der Waals surface area (Å²) in [5.41, 5.74) is 3.69. The van der Waals surface area contributed by atoms with Gasteiger partial charge in [0.25, 0.3) is 5.91 Å². The van der Waals surface area contributed by atoms with Crippen molar-refractivity contribution in [1.29, 1.82) is 0 Å². The number of carbonyl (C=O) groups excluding carboxylic acids is 1. The molecule has 0 radical (unpaired) electrons. The van der Waals surface area contributed by atoms with E-state index >= 15 is 0 Å². The summed E-state index contributed by atoms with van der Waals surface area (Å²) >= 11 is 0. The second kappa shape index (κ2) is 4.64. The Labute approximate surface area is 115 Å². The van der Waals surface area contributed by atoms with E-state index in [2.05, 4.69) is 6.92 Å². The third-order valence-corrected chi connectivity index (χ3v) is 4.67. The highest BCUT2D eigenvalue weighted by Crippen LogP contribution is 2.31. The van der Waals surface area contributed by atoms with Gasteiger partial charge in [-0.15, -0.1) is 0 Å². The van der Waals surface area contributed by atoms with E-state index in [1.165, 1.54) is 11.1 Å². The van der Waals surface area contributed by atoms with Gasteiger partial charge in [0, 0.05) is 12.1 Å². The number of benzene rings is 1. The minimum absolute atomic E-state index is 0.0298. The molecule has 0 aliphatic carbocycles. The molecule has 1 heterocycles. The smallest absolute Gasteiger partial charge is 0.254 e. The predicted molar refractivity (Wildman–Crippen MR) is 76.4 cm³/mol. The first-order valence-electron chi connectivity index (χ1n) is 6.83. The van der Waals surface area contributed by atoms with Gasteiger partial charge in [0.2, 0.25) is 0 Å². The monoisotopic (exact) mass is 261 g/mol. The van der Waals surface area contributed by atoms with E-state index < -0.39 is 11.6 Å². The van der Waals surface area contributed by atoms with Gasteiger partial charge in [-0.3, -0.25) is 4.79 Å². The Balaban J connectivity index is 2.39. The van der Waals surface area contributed by atoms with E-state index in [0.29, 0.717) is 13.0 Å². The number of amides is 1. The Bertz CT molecular complexity index is 520. The van der Waals surface area contributed by atoms with Crippen molar-refractivity contribution in [3.63, 3.8) is 0 Å². The normalized spacial score (nSPS) is 21.8. The minimum atomic E-state index is -0.484. The zero-order chi connectivity index (χ0) is 14.4. The van der Waals surface area contributed by atoms with Gasteiger partial charge < -0.3 is 10.0 Å². The maximum absolute atomic E-state index is 12.7. The minimum Gasteiger partial charge on any atom is -0.391 e. The highest BCUT2D eigenvalue weighted by atomic mass is 16.3. The van der Waals surface area contributed by atoms with E-state index in [4.69, 9.17) is 0 Å². The quantitative estimate of drug-likeness (QED) is 0.844. The van der Waals surface area contributed by atoms with Crippen LogP contribution in [0.2, 0.25) is 0 Å². The highest BCUT2D eigenvalue weighted by Gasteiger charge is 2.43. The van der Waals surface area contributed by atoms with Gasteiger partial charge in [0.05, 0.1) is 11.6 Å². The molecule has 19 heavy (non-hydrogen) atoms. The SMILES string of the molecule is Cc1ccc(C(=O)N2CCC(O)C2(C)C)c(C)c1C. The summed E-state index contributed by atoms with van der Waals surface area (Å²) < 4.78 is 0. The molecule has 1 atom stereocenters. The molecule has 0 saturated carbocycles. The Kier molecular flexibility index (Phi) is 3.43. The van der Waals surface area contributed by atoms with E-state index in [0.717, 1.165) is 11.1 Å². The fraction of sp³-hybridized carbons (Fsp3) is 0.562. The summed E-state index contributed by atoms with van der Waals surface area (Å²) in [6.45, 7) is 10.6. The molecular formula is C16H23NO2. The first-order chi connectivity index (χ1) is 8.76. The van der Waals surface area contributed by atoms with Gasteiger partial charge in [-0.05, 0) is 63.8 Å². The van der Waals surface area contributed by atoms with Crippen molar-refractivity contribution in [1.82, 2.24) is 4.90 Å². The number of hydrogen-bond acceptors (Lipinski definition) is 2. The van der Waals surface area contributed by atoms with Gasteiger partial charge >= 0.3 is 0 Å². The van der Waals surface area contributed by atoms with Crippen molar-refractivity contribution >= 4 is 5.91 Å². The summed E-state index contributed by atoms with van der Waals surface area (Å²) in [5, 5.41) is 10.00. The summed E-state index contributed by atoms with van der Waals surface area (Å²) in [7, 11) is 0. The van der Waals surface area contributed by atoms with Gasteiger partial charge in [-0.2, -0.15) is 0 Å². The Morgan fingerprint density at radius 3 is 2.42 bits per heavy atom. The molecule has 1 amide bonds. The second-order valence-corrected chi connectivity index (χ2v) is 6.09. The van der Waals surface area contributed by atoms with Crippen LogP contribution in [0.1, 0.15) is 47.3 Å². The summed E-state index contributed by atoms with van der Waals surface area (Å²) in [4.78, 5) is 14.5. The molecule has 1 aromatic carbocycles. The molecule has 2 rings (SSSR count). The zero-order valence-electron chi connectivity index (χ0n) is 12.4. The first-order valence-corrected chi connectivity index (χ1v) is 6.83. The van der Waals surface area contributed by atoms with Crippen molar-refractivity contribution in [2.75, 3.05) is 6.54 Å². The number of rotatable bonds is 1. The molecule has 0 spiro atoms. The number of aliphatic hydroxyl groups excluding tert-OH is 1. The zero-order valence-corrected chi connectivity index (χ0v) is 12.4. The third kappa shape index (κ3) is 2.16. The third-order valence-electron chi connectivity index (χ3n) is 4.67. The van der Waals surface area contributed by atoms with Crippen molar-refractivity contribution < 1.29 is 9.90 Å². The fourth-order valence-corrected chi connectivity index (χ4v) is 2.77. The lowest BCUT2D eigenvalue weighted by atomic mass is 9.95. The van der Waals surface area contributed by atoms with Crippen LogP contribution < -0.4 is 0 Å². The second-order valence-electron chi connectivity index (χ2n) is 6.09. The van der Waals surface area contributed by atoms with Crippen molar-refractivity contribution in [2.24, 2.45) is 0 Å². The number of aliphatic hydroxyl groups is 1. The van der Waals surface area contributed by atoms with Crippen LogP contribution >= 0.6 is 0 Å². The summed E-state index contributed by atoms with van der Waals surface area (Å²) in [6, 6.07) is 3.90. The van der Waals surface area contributed by atoms with Crippen molar-refractivity contribution in [3.05, 3.63) is 34.4 Å². The van der Waals surface area contributed by atoms with Crippen LogP contribution in [0.25, 0.3) is 0 Å². The molecule has 1 saturated heterocycles. The summed E-state index contributed by atoms with van der Waals surface area (Å²) in [5.74, 6) is 0.0298. The largest absolute Gasteiger partial charge is 0.391 e. The van der Waals surface area contributed by atoms with E-state index in [9.17, 15) is 9.90 Å². The maximum Gasteiger partial charge on any atom is 0.254 e. The van der Waals surface area contributed by atoms with E-state index in [1.807, 2.05) is 39.8 Å². The molecule has 0 bridgehead atoms. The lowest BCUT2D eigenvalue weighted by molar-refractivity contribution is 0.0393. The molecule has 104 valence electrons. The molecule has 1 aliphatic rings. The van der Waals surface area contributed by atoms with Crippen LogP contribution in [0.4, 0.5) is 0 Å². The maximum atomic E-state index is 12.7. The molecule has 0 aromatic heterocycles. The van der Waals surface area contributed by atoms with Crippen molar-refractivity contribution in [3.8, 4) is 0 Å². The predicted octanol–water partition coefficient (Wildman–Crippen LogP) is 2.60.